The Labute approximate surface area is 131 Å². The summed E-state index contributed by atoms with van der Waals surface area (Å²) in [7, 11) is 0. The second-order valence-electron chi connectivity index (χ2n) is 4.64. The Kier molecular flexibility index (Phi) is 5.11. The van der Waals surface area contributed by atoms with E-state index in [1.54, 1.807) is 6.92 Å². The number of benzene rings is 1. The third-order valence-corrected chi connectivity index (χ3v) is 3.16. The average molecular weight is 324 g/mol. The van der Waals surface area contributed by atoms with Gasteiger partial charge in [-0.2, -0.15) is 4.98 Å². The first kappa shape index (κ1) is 16.0. The zero-order chi connectivity index (χ0) is 16.1. The van der Waals surface area contributed by atoms with Crippen LogP contribution in [0.1, 0.15) is 34.9 Å². The molecule has 22 heavy (non-hydrogen) atoms. The molecule has 1 amide bonds. The number of aryl methyl sites for hydroxylation is 2. The number of halogens is 1. The summed E-state index contributed by atoms with van der Waals surface area (Å²) in [6, 6.07) is 4.25. The van der Waals surface area contributed by atoms with E-state index in [4.69, 9.17) is 21.2 Å². The number of amides is 1. The Morgan fingerprint density at radius 3 is 2.77 bits per heavy atom. The molecular formula is C14H14ClN3O4. The number of carbonyl (C=O) groups is 2. The second kappa shape index (κ2) is 7.04. The summed E-state index contributed by atoms with van der Waals surface area (Å²) in [4.78, 5) is 26.7. The minimum atomic E-state index is -1.11. The fourth-order valence-corrected chi connectivity index (χ4v) is 2.09. The average Bonchev–Trinajstić information content (AvgIpc) is 2.84. The van der Waals surface area contributed by atoms with Gasteiger partial charge in [-0.15, -0.1) is 0 Å². The van der Waals surface area contributed by atoms with Gasteiger partial charge in [0.15, 0.2) is 5.82 Å². The Balaban J connectivity index is 1.84. The van der Waals surface area contributed by atoms with Gasteiger partial charge in [0.25, 0.3) is 0 Å². The van der Waals surface area contributed by atoms with E-state index in [1.807, 2.05) is 0 Å². The van der Waals surface area contributed by atoms with Crippen LogP contribution in [-0.2, 0) is 11.2 Å². The van der Waals surface area contributed by atoms with Gasteiger partial charge in [0.1, 0.15) is 0 Å². The molecule has 0 saturated carbocycles. The van der Waals surface area contributed by atoms with E-state index in [-0.39, 0.29) is 22.9 Å². The van der Waals surface area contributed by atoms with Crippen molar-refractivity contribution in [3.63, 3.8) is 0 Å². The minimum absolute atomic E-state index is 0.00794. The van der Waals surface area contributed by atoms with Crippen molar-refractivity contribution >= 4 is 29.2 Å². The summed E-state index contributed by atoms with van der Waals surface area (Å²) in [5.41, 5.74) is 0.445. The first-order valence-corrected chi connectivity index (χ1v) is 6.95. The van der Waals surface area contributed by atoms with Crippen LogP contribution in [0.5, 0.6) is 0 Å². The van der Waals surface area contributed by atoms with E-state index >= 15 is 0 Å². The van der Waals surface area contributed by atoms with E-state index in [2.05, 4.69) is 15.5 Å². The van der Waals surface area contributed by atoms with Crippen molar-refractivity contribution in [3.05, 3.63) is 40.5 Å². The van der Waals surface area contributed by atoms with Crippen LogP contribution in [-0.4, -0.2) is 27.1 Å². The van der Waals surface area contributed by atoms with Crippen molar-refractivity contribution in [2.75, 3.05) is 5.32 Å². The first-order chi connectivity index (χ1) is 10.5. The van der Waals surface area contributed by atoms with Gasteiger partial charge in [0.05, 0.1) is 10.6 Å². The summed E-state index contributed by atoms with van der Waals surface area (Å²) in [5, 5.41) is 15.3. The topological polar surface area (TPSA) is 105 Å². The highest BCUT2D eigenvalue weighted by atomic mass is 35.5. The summed E-state index contributed by atoms with van der Waals surface area (Å²) >= 11 is 5.83. The zero-order valence-corrected chi connectivity index (χ0v) is 12.6. The van der Waals surface area contributed by atoms with Crippen LogP contribution in [0.2, 0.25) is 5.02 Å². The van der Waals surface area contributed by atoms with E-state index in [0.717, 1.165) is 0 Å². The third-order valence-electron chi connectivity index (χ3n) is 2.85. The van der Waals surface area contributed by atoms with Crippen LogP contribution in [0.25, 0.3) is 0 Å². The molecule has 1 aromatic heterocycles. The number of hydrogen-bond donors (Lipinski definition) is 2. The van der Waals surface area contributed by atoms with Crippen molar-refractivity contribution < 1.29 is 19.2 Å². The number of rotatable bonds is 6. The highest BCUT2D eigenvalue weighted by Gasteiger charge is 2.10. The van der Waals surface area contributed by atoms with Crippen LogP contribution in [0.15, 0.2) is 22.7 Å². The van der Waals surface area contributed by atoms with Gasteiger partial charge in [0.2, 0.25) is 11.8 Å². The molecule has 1 aromatic carbocycles. The SMILES string of the molecule is Cc1noc(CCCC(=O)Nc2ccc(C(=O)O)c(Cl)c2)n1. The lowest BCUT2D eigenvalue weighted by Crippen LogP contribution is -2.12. The Morgan fingerprint density at radius 2 is 2.18 bits per heavy atom. The Hall–Kier alpha value is -2.41. The minimum Gasteiger partial charge on any atom is -0.478 e. The number of aromatic carboxylic acids is 1. The first-order valence-electron chi connectivity index (χ1n) is 6.57. The maximum atomic E-state index is 11.8. The van der Waals surface area contributed by atoms with E-state index in [1.165, 1.54) is 18.2 Å². The van der Waals surface area contributed by atoms with Crippen LogP contribution < -0.4 is 5.32 Å². The summed E-state index contributed by atoms with van der Waals surface area (Å²) in [6.07, 6.45) is 1.36. The zero-order valence-electron chi connectivity index (χ0n) is 11.8. The van der Waals surface area contributed by atoms with Crippen molar-refractivity contribution in [3.8, 4) is 0 Å². The predicted octanol–water partition coefficient (Wildman–Crippen LogP) is 2.69. The number of nitrogens with one attached hydrogen (secondary N) is 1. The molecule has 0 aliphatic rings. The lowest BCUT2D eigenvalue weighted by Gasteiger charge is -2.06. The van der Waals surface area contributed by atoms with E-state index in [0.29, 0.717) is 30.2 Å². The van der Waals surface area contributed by atoms with Crippen molar-refractivity contribution in [2.24, 2.45) is 0 Å². The molecule has 0 radical (unpaired) electrons. The summed E-state index contributed by atoms with van der Waals surface area (Å²) in [6.45, 7) is 1.73. The molecule has 2 N–H and O–H groups in total. The van der Waals surface area contributed by atoms with Crippen molar-refractivity contribution in [1.29, 1.82) is 0 Å². The molecular weight excluding hydrogens is 310 g/mol. The normalized spacial score (nSPS) is 10.5. The van der Waals surface area contributed by atoms with Crippen LogP contribution in [0, 0.1) is 6.92 Å². The molecule has 116 valence electrons. The number of anilines is 1. The molecule has 2 rings (SSSR count). The van der Waals surface area contributed by atoms with Crippen LogP contribution >= 0.6 is 11.6 Å². The standard InChI is InChI=1S/C14H14ClN3O4/c1-8-16-13(22-18-8)4-2-3-12(19)17-9-5-6-10(14(20)21)11(15)7-9/h5-7H,2-4H2,1H3,(H,17,19)(H,20,21). The summed E-state index contributed by atoms with van der Waals surface area (Å²) < 4.78 is 4.95. The number of nitrogens with zero attached hydrogens (tertiary/aromatic N) is 2. The fourth-order valence-electron chi connectivity index (χ4n) is 1.83. The number of aromatic nitrogens is 2. The molecule has 0 saturated heterocycles. The number of carboxylic acid groups (broad SMARTS) is 1. The molecule has 0 atom stereocenters. The molecule has 7 nitrogen and oxygen atoms in total. The summed E-state index contributed by atoms with van der Waals surface area (Å²) in [5.74, 6) is -0.250. The van der Waals surface area contributed by atoms with Gasteiger partial charge in [-0.1, -0.05) is 16.8 Å². The Morgan fingerprint density at radius 1 is 1.41 bits per heavy atom. The molecule has 1 heterocycles. The molecule has 0 bridgehead atoms. The van der Waals surface area contributed by atoms with Crippen LogP contribution in [0.4, 0.5) is 5.69 Å². The molecule has 2 aromatic rings. The van der Waals surface area contributed by atoms with Crippen LogP contribution in [0.3, 0.4) is 0 Å². The monoisotopic (exact) mass is 323 g/mol. The molecule has 0 spiro atoms. The number of carbonyl (C=O) groups excluding carboxylic acids is 1. The molecule has 0 fully saturated rings. The lowest BCUT2D eigenvalue weighted by atomic mass is 10.2. The van der Waals surface area contributed by atoms with Crippen molar-refractivity contribution in [1.82, 2.24) is 10.1 Å². The van der Waals surface area contributed by atoms with Gasteiger partial charge in [-0.05, 0) is 31.5 Å². The number of carboxylic acids is 1. The maximum absolute atomic E-state index is 11.8. The fraction of sp³-hybridized carbons (Fsp3) is 0.286. The highest BCUT2D eigenvalue weighted by Crippen LogP contribution is 2.21. The largest absolute Gasteiger partial charge is 0.478 e. The second-order valence-corrected chi connectivity index (χ2v) is 5.04. The molecule has 0 aliphatic carbocycles. The predicted molar refractivity (Wildman–Crippen MR) is 79.0 cm³/mol. The number of hydrogen-bond acceptors (Lipinski definition) is 5. The van der Waals surface area contributed by atoms with E-state index in [9.17, 15) is 9.59 Å². The van der Waals surface area contributed by atoms with E-state index < -0.39 is 5.97 Å². The molecule has 0 aliphatic heterocycles. The smallest absolute Gasteiger partial charge is 0.337 e. The van der Waals surface area contributed by atoms with Gasteiger partial charge >= 0.3 is 5.97 Å². The quantitative estimate of drug-likeness (QED) is 0.846. The van der Waals surface area contributed by atoms with Gasteiger partial charge in [0, 0.05) is 18.5 Å². The van der Waals surface area contributed by atoms with Crippen molar-refractivity contribution in [2.45, 2.75) is 26.2 Å². The maximum Gasteiger partial charge on any atom is 0.337 e. The van der Waals surface area contributed by atoms with Gasteiger partial charge in [-0.3, -0.25) is 4.79 Å². The highest BCUT2D eigenvalue weighted by molar-refractivity contribution is 6.33. The lowest BCUT2D eigenvalue weighted by molar-refractivity contribution is -0.116. The molecule has 8 heteroatoms. The molecule has 0 unspecified atom stereocenters. The third kappa shape index (κ3) is 4.29. The van der Waals surface area contributed by atoms with Gasteiger partial charge < -0.3 is 14.9 Å². The van der Waals surface area contributed by atoms with Gasteiger partial charge in [-0.25, -0.2) is 4.79 Å². The Bertz CT molecular complexity index is 699.